The van der Waals surface area contributed by atoms with Crippen LogP contribution in [0.1, 0.15) is 22.4 Å². The van der Waals surface area contributed by atoms with Crippen molar-refractivity contribution >= 4 is 28.3 Å². The fraction of sp³-hybridized carbons (Fsp3) is 0.120. The molecule has 33 heavy (non-hydrogen) atoms. The molecular formula is C25H19NO7. The number of carbonyl (C=O) groups is 2. The summed E-state index contributed by atoms with van der Waals surface area (Å²) in [5.41, 5.74) is 0.738. The number of aliphatic hydroxyl groups is 1. The summed E-state index contributed by atoms with van der Waals surface area (Å²) in [5.74, 6) is -0.870. The summed E-state index contributed by atoms with van der Waals surface area (Å²) in [6.45, 7) is 0. The molecule has 0 radical (unpaired) electrons. The number of benzene rings is 2. The average molecular weight is 445 g/mol. The van der Waals surface area contributed by atoms with Gasteiger partial charge in [0.2, 0.25) is 5.78 Å². The minimum Gasteiger partial charge on any atom is -0.503 e. The van der Waals surface area contributed by atoms with Crippen LogP contribution in [0.5, 0.6) is 11.5 Å². The summed E-state index contributed by atoms with van der Waals surface area (Å²) in [6.07, 6.45) is 1.43. The summed E-state index contributed by atoms with van der Waals surface area (Å²) in [7, 11) is 2.97. The van der Waals surface area contributed by atoms with Gasteiger partial charge in [-0.3, -0.25) is 14.5 Å². The molecule has 0 bridgehead atoms. The summed E-state index contributed by atoms with van der Waals surface area (Å²) in [5, 5.41) is 11.6. The van der Waals surface area contributed by atoms with Gasteiger partial charge in [0.1, 0.15) is 28.9 Å². The Hall–Kier alpha value is -4.46. The number of fused-ring (bicyclic) bond motifs is 1. The molecule has 1 atom stereocenters. The quantitative estimate of drug-likeness (QED) is 0.424. The Bertz CT molecular complexity index is 1340. The standard InChI is InChI=1S/C25H19NO7/c1-30-16-11-15(12-17(13-16)31-2)26-22(19-8-5-9-32-19)21(24(28)25(26)29)23(27)20-10-14-6-3-4-7-18(14)33-20/h3-13,22,28H,1-2H3. The number of amides is 1. The molecule has 4 aromatic rings. The van der Waals surface area contributed by atoms with Crippen LogP contribution in [-0.2, 0) is 4.79 Å². The number of hydrogen-bond donors (Lipinski definition) is 1. The molecule has 166 valence electrons. The number of carbonyl (C=O) groups excluding carboxylic acids is 2. The highest BCUT2D eigenvalue weighted by Crippen LogP contribution is 2.44. The number of rotatable bonds is 6. The minimum absolute atomic E-state index is 0.00665. The molecule has 0 fully saturated rings. The predicted octanol–water partition coefficient (Wildman–Crippen LogP) is 4.83. The number of ketones is 1. The maximum Gasteiger partial charge on any atom is 0.294 e. The van der Waals surface area contributed by atoms with Crippen LogP contribution in [0.3, 0.4) is 0 Å². The maximum atomic E-state index is 13.5. The number of Topliss-reactive ketones (excluding diaryl/α,β-unsaturated/α-hetero) is 1. The first-order valence-corrected chi connectivity index (χ1v) is 10.1. The van der Waals surface area contributed by atoms with Gasteiger partial charge in [-0.2, -0.15) is 0 Å². The first kappa shape index (κ1) is 20.4. The Labute approximate surface area is 188 Å². The molecule has 8 heteroatoms. The van der Waals surface area contributed by atoms with Crippen molar-refractivity contribution in [1.29, 1.82) is 0 Å². The highest BCUT2D eigenvalue weighted by Gasteiger charge is 2.47. The van der Waals surface area contributed by atoms with Crippen molar-refractivity contribution in [2.45, 2.75) is 6.04 Å². The number of para-hydroxylation sites is 1. The number of hydrogen-bond acceptors (Lipinski definition) is 7. The highest BCUT2D eigenvalue weighted by atomic mass is 16.5. The number of anilines is 1. The largest absolute Gasteiger partial charge is 0.503 e. The second-order valence-electron chi connectivity index (χ2n) is 7.40. The van der Waals surface area contributed by atoms with Crippen molar-refractivity contribution in [2.75, 3.05) is 19.1 Å². The van der Waals surface area contributed by atoms with Gasteiger partial charge in [-0.25, -0.2) is 0 Å². The zero-order valence-electron chi connectivity index (χ0n) is 17.8. The SMILES string of the molecule is COc1cc(OC)cc(N2C(=O)C(O)=C(C(=O)c3cc4ccccc4o3)C2c2ccco2)c1. The van der Waals surface area contributed by atoms with E-state index in [-0.39, 0.29) is 11.3 Å². The molecule has 5 rings (SSSR count). The predicted molar refractivity (Wildman–Crippen MR) is 119 cm³/mol. The molecule has 2 aromatic heterocycles. The van der Waals surface area contributed by atoms with E-state index in [0.29, 0.717) is 28.5 Å². The average Bonchev–Trinajstić information content (AvgIpc) is 3.57. The summed E-state index contributed by atoms with van der Waals surface area (Å²) in [4.78, 5) is 28.0. The Balaban J connectivity index is 1.65. The van der Waals surface area contributed by atoms with Crippen LogP contribution >= 0.6 is 0 Å². The van der Waals surface area contributed by atoms with Crippen molar-refractivity contribution in [1.82, 2.24) is 0 Å². The fourth-order valence-corrected chi connectivity index (χ4v) is 3.98. The second-order valence-corrected chi connectivity index (χ2v) is 7.40. The van der Waals surface area contributed by atoms with Gasteiger partial charge < -0.3 is 23.4 Å². The van der Waals surface area contributed by atoms with Gasteiger partial charge >= 0.3 is 0 Å². The second kappa shape index (κ2) is 7.90. The normalized spacial score (nSPS) is 16.0. The van der Waals surface area contributed by atoms with Crippen LogP contribution in [0.25, 0.3) is 11.0 Å². The Morgan fingerprint density at radius 2 is 1.73 bits per heavy atom. The van der Waals surface area contributed by atoms with Gasteiger partial charge in [0, 0.05) is 23.6 Å². The van der Waals surface area contributed by atoms with Gasteiger partial charge in [0.05, 0.1) is 31.7 Å². The van der Waals surface area contributed by atoms with Crippen LogP contribution in [0.15, 0.2) is 87.1 Å². The molecule has 8 nitrogen and oxygen atoms in total. The molecule has 1 aliphatic rings. The molecule has 0 saturated heterocycles. The lowest BCUT2D eigenvalue weighted by Gasteiger charge is -2.25. The summed E-state index contributed by atoms with van der Waals surface area (Å²) >= 11 is 0. The lowest BCUT2D eigenvalue weighted by atomic mass is 9.99. The summed E-state index contributed by atoms with van der Waals surface area (Å²) in [6, 6.07) is 15.9. The zero-order valence-corrected chi connectivity index (χ0v) is 17.8. The number of ether oxygens (including phenoxy) is 2. The maximum absolute atomic E-state index is 13.5. The number of nitrogens with zero attached hydrogens (tertiary/aromatic N) is 1. The molecule has 1 N–H and O–H groups in total. The van der Waals surface area contributed by atoms with Crippen LogP contribution in [0.2, 0.25) is 0 Å². The number of methoxy groups -OCH3 is 2. The smallest absolute Gasteiger partial charge is 0.294 e. The summed E-state index contributed by atoms with van der Waals surface area (Å²) < 4.78 is 21.9. The Morgan fingerprint density at radius 3 is 2.36 bits per heavy atom. The van der Waals surface area contributed by atoms with Crippen LogP contribution < -0.4 is 14.4 Å². The van der Waals surface area contributed by atoms with E-state index in [9.17, 15) is 14.7 Å². The van der Waals surface area contributed by atoms with E-state index in [1.54, 1.807) is 48.5 Å². The van der Waals surface area contributed by atoms with E-state index in [2.05, 4.69) is 0 Å². The van der Waals surface area contributed by atoms with Crippen LogP contribution in [0, 0.1) is 0 Å². The molecule has 1 unspecified atom stereocenters. The van der Waals surface area contributed by atoms with E-state index < -0.39 is 23.5 Å². The van der Waals surface area contributed by atoms with Gasteiger partial charge in [0.15, 0.2) is 11.5 Å². The lowest BCUT2D eigenvalue weighted by Crippen LogP contribution is -2.30. The molecule has 0 spiro atoms. The molecule has 1 aliphatic heterocycles. The molecule has 3 heterocycles. The van der Waals surface area contributed by atoms with Gasteiger partial charge in [-0.1, -0.05) is 18.2 Å². The number of aliphatic hydroxyl groups excluding tert-OH is 1. The van der Waals surface area contributed by atoms with Gasteiger partial charge in [-0.05, 0) is 24.3 Å². The topological polar surface area (TPSA) is 102 Å². The van der Waals surface area contributed by atoms with Crippen LogP contribution in [0.4, 0.5) is 5.69 Å². The van der Waals surface area contributed by atoms with E-state index in [1.165, 1.54) is 25.4 Å². The molecule has 2 aromatic carbocycles. The monoisotopic (exact) mass is 445 g/mol. The highest BCUT2D eigenvalue weighted by molar-refractivity contribution is 6.20. The fourth-order valence-electron chi connectivity index (χ4n) is 3.98. The Morgan fingerprint density at radius 1 is 1.00 bits per heavy atom. The van der Waals surface area contributed by atoms with Crippen LogP contribution in [-0.4, -0.2) is 31.0 Å². The van der Waals surface area contributed by atoms with Crippen molar-refractivity contribution in [3.05, 3.63) is 89.8 Å². The van der Waals surface area contributed by atoms with E-state index in [0.717, 1.165) is 5.39 Å². The van der Waals surface area contributed by atoms with Gasteiger partial charge in [0.25, 0.3) is 5.91 Å². The molecule has 0 saturated carbocycles. The van der Waals surface area contributed by atoms with E-state index in [1.807, 2.05) is 12.1 Å². The third kappa shape index (κ3) is 3.32. The first-order chi connectivity index (χ1) is 16.0. The third-order valence-corrected chi connectivity index (χ3v) is 5.53. The van der Waals surface area contributed by atoms with E-state index >= 15 is 0 Å². The molecular weight excluding hydrogens is 426 g/mol. The number of furan rings is 2. The molecule has 1 amide bonds. The zero-order chi connectivity index (χ0) is 23.1. The Kier molecular flexibility index (Phi) is 4.90. The van der Waals surface area contributed by atoms with Crippen molar-refractivity contribution in [3.63, 3.8) is 0 Å². The first-order valence-electron chi connectivity index (χ1n) is 10.1. The van der Waals surface area contributed by atoms with Gasteiger partial charge in [-0.15, -0.1) is 0 Å². The van der Waals surface area contributed by atoms with Crippen molar-refractivity contribution in [2.24, 2.45) is 0 Å². The van der Waals surface area contributed by atoms with Crippen molar-refractivity contribution < 1.29 is 33.0 Å². The van der Waals surface area contributed by atoms with Crippen molar-refractivity contribution in [3.8, 4) is 11.5 Å². The third-order valence-electron chi connectivity index (χ3n) is 5.53. The lowest BCUT2D eigenvalue weighted by molar-refractivity contribution is -0.117. The molecule has 0 aliphatic carbocycles. The van der Waals surface area contributed by atoms with E-state index in [4.69, 9.17) is 18.3 Å². The minimum atomic E-state index is -1.02.